The first-order valence-corrected chi connectivity index (χ1v) is 15.0. The molecule has 0 bridgehead atoms. The lowest BCUT2D eigenvalue weighted by Crippen LogP contribution is -2.61. The Morgan fingerprint density at radius 2 is 1.21 bits per heavy atom. The maximum absolute atomic E-state index is 9.58. The van der Waals surface area contributed by atoms with Gasteiger partial charge in [-0.15, -0.1) is 0 Å². The van der Waals surface area contributed by atoms with E-state index < -0.39 is 48.8 Å². The van der Waals surface area contributed by atoms with Crippen molar-refractivity contribution in [3.8, 4) is 0 Å². The van der Waals surface area contributed by atoms with E-state index >= 15 is 0 Å². The van der Waals surface area contributed by atoms with Gasteiger partial charge in [-0.3, -0.25) is 9.80 Å². The highest BCUT2D eigenvalue weighted by Crippen LogP contribution is 2.28. The number of nitrogens with one attached hydrogen (secondary N) is 1. The van der Waals surface area contributed by atoms with Crippen LogP contribution in [0.4, 0.5) is 0 Å². The highest BCUT2D eigenvalue weighted by molar-refractivity contribution is 5.78. The Balaban J connectivity index is 0.000000115. The Morgan fingerprint density at radius 1 is 0.581 bits per heavy atom. The fourth-order valence-electron chi connectivity index (χ4n) is 6.57. The van der Waals surface area contributed by atoms with Gasteiger partial charge in [-0.2, -0.15) is 0 Å². The van der Waals surface area contributed by atoms with Crippen molar-refractivity contribution >= 4 is 16.4 Å². The third kappa shape index (κ3) is 7.28. The van der Waals surface area contributed by atoms with Gasteiger partial charge >= 0.3 is 0 Å². The van der Waals surface area contributed by atoms with Gasteiger partial charge in [0.15, 0.2) is 0 Å². The van der Waals surface area contributed by atoms with Crippen molar-refractivity contribution in [2.24, 2.45) is 0 Å². The Kier molecular flexibility index (Phi) is 10.5. The number of H-pyrrole nitrogens is 1. The van der Waals surface area contributed by atoms with E-state index in [9.17, 15) is 35.7 Å². The average Bonchev–Trinajstić information content (AvgIpc) is 3.80. The van der Waals surface area contributed by atoms with Crippen molar-refractivity contribution in [3.05, 3.63) is 79.3 Å². The van der Waals surface area contributed by atoms with Crippen molar-refractivity contribution in [1.29, 1.82) is 0 Å². The number of aromatic amines is 1. The Morgan fingerprint density at radius 3 is 1.95 bits per heavy atom. The molecule has 7 heterocycles. The lowest BCUT2D eigenvalue weighted by molar-refractivity contribution is -0.140. The molecular formula is C32H44N4O7. The third-order valence-corrected chi connectivity index (χ3v) is 8.87. The Bertz CT molecular complexity index is 1290. The van der Waals surface area contributed by atoms with Crippen LogP contribution in [0.3, 0.4) is 0 Å². The van der Waals surface area contributed by atoms with E-state index in [4.69, 9.17) is 0 Å². The summed E-state index contributed by atoms with van der Waals surface area (Å²) in [4.78, 5) is 6.92. The summed E-state index contributed by atoms with van der Waals surface area (Å²) < 4.78 is 2.08. The minimum Gasteiger partial charge on any atom is -0.391 e. The van der Waals surface area contributed by atoms with E-state index in [-0.39, 0.29) is 6.04 Å². The first-order chi connectivity index (χ1) is 20.7. The lowest BCUT2D eigenvalue weighted by atomic mass is 9.93. The molecule has 234 valence electrons. The second kappa shape index (κ2) is 14.3. The normalized spacial score (nSPS) is 33.8. The summed E-state index contributed by atoms with van der Waals surface area (Å²) >= 11 is 0. The van der Waals surface area contributed by atoms with Crippen molar-refractivity contribution in [2.45, 2.75) is 74.1 Å². The van der Waals surface area contributed by atoms with Crippen LogP contribution in [0.25, 0.3) is 16.4 Å². The first-order valence-electron chi connectivity index (χ1n) is 15.0. The van der Waals surface area contributed by atoms with Crippen LogP contribution >= 0.6 is 0 Å². The molecule has 0 amide bonds. The number of fused-ring (bicyclic) bond motifs is 4. The third-order valence-electron chi connectivity index (χ3n) is 8.87. The number of piperidine rings is 2. The number of aliphatic hydroxyl groups is 7. The number of hydrogen-bond donors (Lipinski definition) is 8. The van der Waals surface area contributed by atoms with Crippen LogP contribution < -0.4 is 0 Å². The summed E-state index contributed by atoms with van der Waals surface area (Å²) in [6, 6.07) is 19.9. The number of benzene rings is 1. The molecule has 0 spiro atoms. The van der Waals surface area contributed by atoms with Gasteiger partial charge in [-0.1, -0.05) is 24.3 Å². The summed E-state index contributed by atoms with van der Waals surface area (Å²) in [7, 11) is 0. The second-order valence-electron chi connectivity index (χ2n) is 11.7. The van der Waals surface area contributed by atoms with Gasteiger partial charge in [0.05, 0.1) is 42.6 Å². The molecule has 11 nitrogen and oxygen atoms in total. The maximum atomic E-state index is 9.58. The largest absolute Gasteiger partial charge is 0.391 e. The molecule has 0 saturated carbocycles. The number of nitrogens with zero attached hydrogens (tertiary/aromatic N) is 3. The van der Waals surface area contributed by atoms with Crippen LogP contribution in [-0.2, 0) is 0 Å². The quantitative estimate of drug-likeness (QED) is 0.141. The molecular weight excluding hydrogens is 552 g/mol. The van der Waals surface area contributed by atoms with Gasteiger partial charge in [0, 0.05) is 49.3 Å². The number of rotatable bonds is 0. The molecule has 11 heteroatoms. The summed E-state index contributed by atoms with van der Waals surface area (Å²) in [5.41, 5.74) is 2.45. The predicted molar refractivity (Wildman–Crippen MR) is 162 cm³/mol. The van der Waals surface area contributed by atoms with E-state index in [0.29, 0.717) is 26.1 Å². The van der Waals surface area contributed by atoms with Crippen molar-refractivity contribution in [2.75, 3.05) is 26.2 Å². The maximum Gasteiger partial charge on any atom is 0.109 e. The minimum atomic E-state index is -1.13. The molecule has 8 rings (SSSR count). The van der Waals surface area contributed by atoms with E-state index in [1.807, 2.05) is 58.7 Å². The van der Waals surface area contributed by atoms with Crippen LogP contribution in [0.15, 0.2) is 79.3 Å². The van der Waals surface area contributed by atoms with Crippen LogP contribution in [0.2, 0.25) is 0 Å². The molecule has 8 N–H and O–H groups in total. The molecule has 4 saturated heterocycles. The lowest BCUT2D eigenvalue weighted by Gasteiger charge is -2.40. The summed E-state index contributed by atoms with van der Waals surface area (Å²) in [5.74, 6) is 0. The fourth-order valence-corrected chi connectivity index (χ4v) is 6.57. The van der Waals surface area contributed by atoms with E-state index in [1.165, 1.54) is 16.4 Å². The van der Waals surface area contributed by atoms with Gasteiger partial charge in [0.1, 0.15) is 12.2 Å². The second-order valence-corrected chi connectivity index (χ2v) is 11.7. The van der Waals surface area contributed by atoms with Gasteiger partial charge in [-0.25, -0.2) is 0 Å². The van der Waals surface area contributed by atoms with E-state index in [1.54, 1.807) is 0 Å². The van der Waals surface area contributed by atoms with E-state index in [2.05, 4.69) is 39.7 Å². The summed E-state index contributed by atoms with van der Waals surface area (Å²) in [6.45, 7) is 2.39. The zero-order valence-corrected chi connectivity index (χ0v) is 24.1. The molecule has 3 aromatic heterocycles. The van der Waals surface area contributed by atoms with Gasteiger partial charge in [0.2, 0.25) is 0 Å². The molecule has 0 aliphatic carbocycles. The molecule has 9 atom stereocenters. The van der Waals surface area contributed by atoms with Crippen molar-refractivity contribution in [1.82, 2.24) is 19.2 Å². The molecule has 43 heavy (non-hydrogen) atoms. The zero-order valence-electron chi connectivity index (χ0n) is 24.1. The number of hydrogen-bond acceptors (Lipinski definition) is 9. The summed E-state index contributed by atoms with van der Waals surface area (Å²) in [5, 5.41) is 67.5. The number of pyridine rings is 1. The van der Waals surface area contributed by atoms with Crippen LogP contribution in [0.1, 0.15) is 19.3 Å². The Hall–Kier alpha value is -2.84. The fraction of sp³-hybridized carbons (Fsp3) is 0.500. The van der Waals surface area contributed by atoms with Crippen LogP contribution in [0, 0.1) is 0 Å². The van der Waals surface area contributed by atoms with Gasteiger partial charge in [-0.05, 0) is 67.6 Å². The van der Waals surface area contributed by atoms with Crippen LogP contribution in [0.5, 0.6) is 0 Å². The number of aliphatic hydroxyl groups excluding tert-OH is 7. The molecule has 4 aliphatic rings. The van der Waals surface area contributed by atoms with Crippen LogP contribution in [-0.4, -0.2) is 136 Å². The average molecular weight is 597 g/mol. The highest BCUT2D eigenvalue weighted by atomic mass is 16.4. The number of aromatic nitrogens is 2. The highest BCUT2D eigenvalue weighted by Gasteiger charge is 2.47. The SMILES string of the molecule is O[C@H]1[C@H](O)[C@@H](O)CN2CC[C@H](O)[C@H]12.O[C@H]1[C@H]2[C@H](O)CCCN2C[C@H]1O.c1ccc2[nH]ccc2c1.c1ccn2cccc2c1. The molecule has 0 unspecified atom stereocenters. The minimum absolute atomic E-state index is 0.228. The summed E-state index contributed by atoms with van der Waals surface area (Å²) in [6.07, 6.45) is 2.75. The monoisotopic (exact) mass is 596 g/mol. The van der Waals surface area contributed by atoms with Crippen molar-refractivity contribution in [3.63, 3.8) is 0 Å². The molecule has 4 aromatic rings. The predicted octanol–water partition coefficient (Wildman–Crippen LogP) is 0.172. The topological polar surface area (TPSA) is 168 Å². The van der Waals surface area contributed by atoms with Crippen molar-refractivity contribution < 1.29 is 35.7 Å². The first kappa shape index (κ1) is 31.6. The van der Waals surface area contributed by atoms with Gasteiger partial charge < -0.3 is 45.1 Å². The smallest absolute Gasteiger partial charge is 0.109 e. The standard InChI is InChI=1S/C8H15NO4.C8H15NO3.2C8H7N/c10-4-1-2-9-3-5(11)7(12)8(13)6(4)9;10-5-2-1-3-9-4-6(11)8(12)7(5)9;1-2-6-9-7-3-5-8(9)4-1;1-2-4-8-7(3-1)5-6-9-8/h4-8,10-13H,1-3H2;5-8,10-12H,1-4H2;1-7H;1-6,9H/t4-,5-,6+,7+,8+;5-,6-,7-,8-;;/m01../s1. The zero-order chi connectivity index (χ0) is 30.5. The molecule has 4 aliphatic heterocycles. The molecule has 1 aromatic carbocycles. The van der Waals surface area contributed by atoms with E-state index in [0.717, 1.165) is 19.4 Å². The Labute approximate surface area is 250 Å². The molecule has 4 fully saturated rings. The molecule has 0 radical (unpaired) electrons. The number of para-hydroxylation sites is 1. The van der Waals surface area contributed by atoms with Gasteiger partial charge in [0.25, 0.3) is 0 Å².